The predicted molar refractivity (Wildman–Crippen MR) is 71.6 cm³/mol. The highest BCUT2D eigenvalue weighted by molar-refractivity contribution is 5.82. The summed E-state index contributed by atoms with van der Waals surface area (Å²) >= 11 is 0. The van der Waals surface area contributed by atoms with Crippen LogP contribution in [0.1, 0.15) is 59.3 Å². The van der Waals surface area contributed by atoms with E-state index in [1.54, 1.807) is 0 Å². The number of amides is 1. The molecule has 2 unspecified atom stereocenters. The number of rotatable bonds is 5. The maximum atomic E-state index is 12.0. The largest absolute Gasteiger partial charge is 0.352 e. The van der Waals surface area contributed by atoms with Crippen molar-refractivity contribution in [2.24, 2.45) is 17.6 Å². The molecule has 0 aromatic rings. The Kier molecular flexibility index (Phi) is 5.96. The van der Waals surface area contributed by atoms with E-state index in [0.717, 1.165) is 6.42 Å². The molecule has 3 heteroatoms. The van der Waals surface area contributed by atoms with Crippen LogP contribution in [-0.4, -0.2) is 18.0 Å². The van der Waals surface area contributed by atoms with Crippen molar-refractivity contribution in [3.05, 3.63) is 0 Å². The summed E-state index contributed by atoms with van der Waals surface area (Å²) in [5.41, 5.74) is 5.94. The molecule has 1 amide bonds. The lowest BCUT2D eigenvalue weighted by Gasteiger charge is -2.29. The van der Waals surface area contributed by atoms with Crippen LogP contribution >= 0.6 is 0 Å². The summed E-state index contributed by atoms with van der Waals surface area (Å²) in [5, 5.41) is 3.10. The first-order valence-electron chi connectivity index (χ1n) is 7.12. The molecule has 1 rings (SSSR count). The Morgan fingerprint density at radius 1 is 1.29 bits per heavy atom. The molecule has 3 nitrogen and oxygen atoms in total. The zero-order chi connectivity index (χ0) is 12.8. The van der Waals surface area contributed by atoms with Gasteiger partial charge in [0.15, 0.2) is 0 Å². The SMILES string of the molecule is CCC(C)[C@H](N)C(=O)NC(C)C1CCCCC1. The van der Waals surface area contributed by atoms with Crippen molar-refractivity contribution in [3.8, 4) is 0 Å². The highest BCUT2D eigenvalue weighted by Crippen LogP contribution is 2.26. The molecule has 1 saturated carbocycles. The van der Waals surface area contributed by atoms with Crippen LogP contribution in [0.15, 0.2) is 0 Å². The normalized spacial score (nSPS) is 22.8. The lowest BCUT2D eigenvalue weighted by atomic mass is 9.84. The van der Waals surface area contributed by atoms with Crippen molar-refractivity contribution in [2.75, 3.05) is 0 Å². The maximum absolute atomic E-state index is 12.0. The van der Waals surface area contributed by atoms with E-state index in [2.05, 4.69) is 19.2 Å². The zero-order valence-electron chi connectivity index (χ0n) is 11.5. The molecule has 0 aromatic carbocycles. The summed E-state index contributed by atoms with van der Waals surface area (Å²) in [5.74, 6) is 0.933. The van der Waals surface area contributed by atoms with Crippen molar-refractivity contribution >= 4 is 5.91 Å². The molecule has 0 saturated heterocycles. The molecule has 0 spiro atoms. The van der Waals surface area contributed by atoms with E-state index in [9.17, 15) is 4.79 Å². The first-order chi connectivity index (χ1) is 8.06. The first-order valence-corrected chi connectivity index (χ1v) is 7.12. The topological polar surface area (TPSA) is 55.1 Å². The summed E-state index contributed by atoms with van der Waals surface area (Å²) < 4.78 is 0. The van der Waals surface area contributed by atoms with Crippen molar-refractivity contribution in [2.45, 2.75) is 71.4 Å². The molecular formula is C14H28N2O. The molecule has 0 heterocycles. The third kappa shape index (κ3) is 4.30. The lowest BCUT2D eigenvalue weighted by molar-refractivity contribution is -0.124. The van der Waals surface area contributed by atoms with Crippen LogP contribution in [-0.2, 0) is 4.79 Å². The van der Waals surface area contributed by atoms with Gasteiger partial charge in [-0.2, -0.15) is 0 Å². The van der Waals surface area contributed by atoms with E-state index in [0.29, 0.717) is 5.92 Å². The van der Waals surface area contributed by atoms with Crippen LogP contribution in [0.4, 0.5) is 0 Å². The summed E-state index contributed by atoms with van der Waals surface area (Å²) in [7, 11) is 0. The van der Waals surface area contributed by atoms with Crippen molar-refractivity contribution in [1.29, 1.82) is 0 Å². The Balaban J connectivity index is 2.38. The van der Waals surface area contributed by atoms with E-state index in [1.165, 1.54) is 32.1 Å². The first kappa shape index (κ1) is 14.5. The van der Waals surface area contributed by atoms with E-state index < -0.39 is 0 Å². The lowest BCUT2D eigenvalue weighted by Crippen LogP contribution is -2.49. The third-order valence-corrected chi connectivity index (χ3v) is 4.29. The average molecular weight is 240 g/mol. The number of hydrogen-bond acceptors (Lipinski definition) is 2. The van der Waals surface area contributed by atoms with Gasteiger partial charge >= 0.3 is 0 Å². The maximum Gasteiger partial charge on any atom is 0.237 e. The molecule has 0 bridgehead atoms. The van der Waals surface area contributed by atoms with Gasteiger partial charge in [0.05, 0.1) is 6.04 Å². The highest BCUT2D eigenvalue weighted by atomic mass is 16.2. The summed E-state index contributed by atoms with van der Waals surface area (Å²) in [4.78, 5) is 12.0. The number of hydrogen-bond donors (Lipinski definition) is 2. The van der Waals surface area contributed by atoms with Gasteiger partial charge in [0.1, 0.15) is 0 Å². The van der Waals surface area contributed by atoms with Gasteiger partial charge in [0.2, 0.25) is 5.91 Å². The number of nitrogens with two attached hydrogens (primary N) is 1. The molecule has 0 aromatic heterocycles. The van der Waals surface area contributed by atoms with Crippen LogP contribution < -0.4 is 11.1 Å². The van der Waals surface area contributed by atoms with Gasteiger partial charge in [-0.25, -0.2) is 0 Å². The second-order valence-corrected chi connectivity index (χ2v) is 5.61. The van der Waals surface area contributed by atoms with Crippen molar-refractivity contribution in [1.82, 2.24) is 5.32 Å². The monoisotopic (exact) mass is 240 g/mol. The van der Waals surface area contributed by atoms with Crippen LogP contribution in [0.3, 0.4) is 0 Å². The quantitative estimate of drug-likeness (QED) is 0.775. The molecule has 3 atom stereocenters. The minimum absolute atomic E-state index is 0.0254. The number of nitrogens with one attached hydrogen (secondary N) is 1. The Hall–Kier alpha value is -0.570. The number of carbonyl (C=O) groups is 1. The molecule has 0 aliphatic heterocycles. The minimum atomic E-state index is -0.356. The van der Waals surface area contributed by atoms with Gasteiger partial charge in [-0.1, -0.05) is 39.5 Å². The molecular weight excluding hydrogens is 212 g/mol. The van der Waals surface area contributed by atoms with Gasteiger partial charge in [0, 0.05) is 6.04 Å². The Labute approximate surface area is 106 Å². The Morgan fingerprint density at radius 2 is 1.88 bits per heavy atom. The Bertz CT molecular complexity index is 236. The van der Waals surface area contributed by atoms with Crippen molar-refractivity contribution < 1.29 is 4.79 Å². The van der Waals surface area contributed by atoms with Gasteiger partial charge in [0.25, 0.3) is 0 Å². The van der Waals surface area contributed by atoms with E-state index >= 15 is 0 Å². The summed E-state index contributed by atoms with van der Waals surface area (Å²) in [6, 6.07) is -0.0797. The van der Waals surface area contributed by atoms with Crippen LogP contribution in [0, 0.1) is 11.8 Å². The molecule has 0 radical (unpaired) electrons. The van der Waals surface area contributed by atoms with Crippen molar-refractivity contribution in [3.63, 3.8) is 0 Å². The van der Waals surface area contributed by atoms with Gasteiger partial charge < -0.3 is 11.1 Å². The molecule has 1 aliphatic rings. The van der Waals surface area contributed by atoms with Gasteiger partial charge in [-0.05, 0) is 31.6 Å². The molecule has 1 fully saturated rings. The second-order valence-electron chi connectivity index (χ2n) is 5.61. The smallest absolute Gasteiger partial charge is 0.237 e. The van der Waals surface area contributed by atoms with E-state index in [-0.39, 0.29) is 23.9 Å². The fourth-order valence-corrected chi connectivity index (χ4v) is 2.58. The third-order valence-electron chi connectivity index (χ3n) is 4.29. The molecule has 1 aliphatic carbocycles. The van der Waals surface area contributed by atoms with Crippen LogP contribution in [0.5, 0.6) is 0 Å². The number of carbonyl (C=O) groups excluding carboxylic acids is 1. The van der Waals surface area contributed by atoms with E-state index in [1.807, 2.05) is 6.92 Å². The van der Waals surface area contributed by atoms with Gasteiger partial charge in [-0.15, -0.1) is 0 Å². The fraction of sp³-hybridized carbons (Fsp3) is 0.929. The molecule has 3 N–H and O–H groups in total. The highest BCUT2D eigenvalue weighted by Gasteiger charge is 2.25. The summed E-state index contributed by atoms with van der Waals surface area (Å²) in [6.07, 6.45) is 7.42. The molecule has 100 valence electrons. The van der Waals surface area contributed by atoms with E-state index in [4.69, 9.17) is 5.73 Å². The minimum Gasteiger partial charge on any atom is -0.352 e. The van der Waals surface area contributed by atoms with Crippen LogP contribution in [0.2, 0.25) is 0 Å². The standard InChI is InChI=1S/C14H28N2O/c1-4-10(2)13(15)14(17)16-11(3)12-8-6-5-7-9-12/h10-13H,4-9,15H2,1-3H3,(H,16,17)/t10?,11?,13-/m0/s1. The fourth-order valence-electron chi connectivity index (χ4n) is 2.58. The van der Waals surface area contributed by atoms with Crippen LogP contribution in [0.25, 0.3) is 0 Å². The Morgan fingerprint density at radius 3 is 2.41 bits per heavy atom. The average Bonchev–Trinajstić information content (AvgIpc) is 2.37. The second kappa shape index (κ2) is 7.00. The predicted octanol–water partition coefficient (Wildman–Crippen LogP) is 2.44. The molecule has 17 heavy (non-hydrogen) atoms. The van der Waals surface area contributed by atoms with Gasteiger partial charge in [-0.3, -0.25) is 4.79 Å². The zero-order valence-corrected chi connectivity index (χ0v) is 11.5. The summed E-state index contributed by atoms with van der Waals surface area (Å²) in [6.45, 7) is 6.23.